The predicted molar refractivity (Wildman–Crippen MR) is 392 cm³/mol. The molecule has 3 atom stereocenters. The van der Waals surface area contributed by atoms with Crippen molar-refractivity contribution in [2.45, 2.75) is 335 Å². The summed E-state index contributed by atoms with van der Waals surface area (Å²) in [6.07, 6.45) is 96.4. The number of carbonyl (C=O) groups excluding carboxylic acids is 2. The van der Waals surface area contributed by atoms with E-state index >= 15 is 0 Å². The highest BCUT2D eigenvalue weighted by Crippen LogP contribution is 2.43. The van der Waals surface area contributed by atoms with Crippen molar-refractivity contribution in [3.8, 4) is 0 Å². The molecule has 90 heavy (non-hydrogen) atoms. The Bertz CT molecular complexity index is 1960. The third-order valence-electron chi connectivity index (χ3n) is 16.1. The third kappa shape index (κ3) is 68.8. The predicted octanol–water partition coefficient (Wildman–Crippen LogP) is 24.2. The molecule has 518 valence electrons. The van der Waals surface area contributed by atoms with Crippen LogP contribution in [0.25, 0.3) is 0 Å². The number of phosphoric acid groups is 1. The maximum absolute atomic E-state index is 13.6. The molecule has 0 aromatic heterocycles. The van der Waals surface area contributed by atoms with E-state index in [0.717, 1.165) is 135 Å². The number of esters is 1. The third-order valence-corrected chi connectivity index (χ3v) is 17.1. The average molecular weight is 1270 g/mol. The molecular weight excluding hydrogens is 1130 g/mol. The summed E-state index contributed by atoms with van der Waals surface area (Å²) in [7, 11) is 1.48. The lowest BCUT2D eigenvalue weighted by molar-refractivity contribution is -0.870. The van der Waals surface area contributed by atoms with Crippen molar-refractivity contribution < 1.29 is 37.3 Å². The first-order chi connectivity index (χ1) is 43.9. The first-order valence-electron chi connectivity index (χ1n) is 37.4. The van der Waals surface area contributed by atoms with E-state index in [9.17, 15) is 19.0 Å². The van der Waals surface area contributed by atoms with Crippen LogP contribution in [0.15, 0.2) is 122 Å². The molecule has 0 heterocycles. The summed E-state index contributed by atoms with van der Waals surface area (Å²) >= 11 is 0. The molecule has 0 fully saturated rings. The van der Waals surface area contributed by atoms with Crippen LogP contribution >= 0.6 is 7.82 Å². The maximum Gasteiger partial charge on any atom is 0.472 e. The Morgan fingerprint density at radius 3 is 1.09 bits per heavy atom. The van der Waals surface area contributed by atoms with Crippen molar-refractivity contribution in [1.29, 1.82) is 0 Å². The Morgan fingerprint density at radius 2 is 0.711 bits per heavy atom. The van der Waals surface area contributed by atoms with Gasteiger partial charge in [-0.15, -0.1) is 0 Å². The van der Waals surface area contributed by atoms with Gasteiger partial charge >= 0.3 is 13.8 Å². The van der Waals surface area contributed by atoms with Crippen LogP contribution in [0.2, 0.25) is 0 Å². The number of amides is 1. The number of rotatable bonds is 67. The van der Waals surface area contributed by atoms with Gasteiger partial charge in [-0.2, -0.15) is 0 Å². The Balaban J connectivity index is 5.05. The van der Waals surface area contributed by atoms with E-state index in [1.165, 1.54) is 154 Å². The summed E-state index contributed by atoms with van der Waals surface area (Å²) in [6, 6.07) is -0.866. The van der Waals surface area contributed by atoms with Crippen LogP contribution in [-0.4, -0.2) is 74.3 Å². The van der Waals surface area contributed by atoms with Gasteiger partial charge in [0.05, 0.1) is 33.8 Å². The lowest BCUT2D eigenvalue weighted by Gasteiger charge is -2.27. The molecule has 0 spiro atoms. The van der Waals surface area contributed by atoms with Gasteiger partial charge in [-0.05, 0) is 122 Å². The summed E-state index contributed by atoms with van der Waals surface area (Å²) in [5.74, 6) is -0.521. The van der Waals surface area contributed by atoms with Crippen LogP contribution in [0, 0.1) is 0 Å². The molecule has 0 saturated carbocycles. The monoisotopic (exact) mass is 1270 g/mol. The van der Waals surface area contributed by atoms with Gasteiger partial charge in [0.2, 0.25) is 5.91 Å². The van der Waals surface area contributed by atoms with Crippen LogP contribution in [0.1, 0.15) is 323 Å². The van der Waals surface area contributed by atoms with E-state index in [-0.39, 0.29) is 31.5 Å². The molecule has 1 amide bonds. The van der Waals surface area contributed by atoms with Gasteiger partial charge in [0.25, 0.3) is 0 Å². The lowest BCUT2D eigenvalue weighted by Crippen LogP contribution is -2.47. The van der Waals surface area contributed by atoms with Crippen LogP contribution in [0.5, 0.6) is 0 Å². The molecule has 0 radical (unpaired) electrons. The smallest absolute Gasteiger partial charge is 0.456 e. The number of ether oxygens (including phenoxy) is 1. The van der Waals surface area contributed by atoms with Gasteiger partial charge in [0.1, 0.15) is 19.3 Å². The van der Waals surface area contributed by atoms with Crippen molar-refractivity contribution in [2.24, 2.45) is 0 Å². The van der Waals surface area contributed by atoms with Crippen LogP contribution in [0.3, 0.4) is 0 Å². The summed E-state index contributed by atoms with van der Waals surface area (Å²) in [5.41, 5.74) is 0. The second-order valence-corrected chi connectivity index (χ2v) is 27.5. The topological polar surface area (TPSA) is 111 Å². The summed E-state index contributed by atoms with van der Waals surface area (Å²) in [6.45, 7) is 6.88. The second kappa shape index (κ2) is 68.3. The van der Waals surface area contributed by atoms with Crippen molar-refractivity contribution in [3.05, 3.63) is 122 Å². The van der Waals surface area contributed by atoms with Crippen LogP contribution < -0.4 is 5.32 Å². The Morgan fingerprint density at radius 1 is 0.400 bits per heavy atom. The normalized spacial score (nSPS) is 14.2. The fraction of sp³-hybridized carbons (Fsp3) is 0.725. The van der Waals surface area contributed by atoms with Gasteiger partial charge in [-0.25, -0.2) is 4.57 Å². The molecule has 3 unspecified atom stereocenters. The molecule has 10 heteroatoms. The molecule has 0 aliphatic carbocycles. The zero-order chi connectivity index (χ0) is 65.6. The van der Waals surface area contributed by atoms with E-state index in [1.54, 1.807) is 0 Å². The Hall–Kier alpha value is -3.59. The molecule has 0 bridgehead atoms. The van der Waals surface area contributed by atoms with Crippen molar-refractivity contribution in [3.63, 3.8) is 0 Å². The van der Waals surface area contributed by atoms with E-state index in [1.807, 2.05) is 33.3 Å². The van der Waals surface area contributed by atoms with Crippen molar-refractivity contribution in [2.75, 3.05) is 40.9 Å². The number of allylic oxidation sites excluding steroid dienone is 19. The quantitative estimate of drug-likeness (QED) is 0.0205. The van der Waals surface area contributed by atoms with Crippen LogP contribution in [0.4, 0.5) is 0 Å². The number of nitrogens with zero attached hydrogens (tertiary/aromatic N) is 1. The number of carbonyl (C=O) groups is 2. The summed E-state index contributed by atoms with van der Waals surface area (Å²) in [4.78, 5) is 38.0. The van der Waals surface area contributed by atoms with Crippen molar-refractivity contribution >= 4 is 19.7 Å². The van der Waals surface area contributed by atoms with Gasteiger partial charge < -0.3 is 19.4 Å². The van der Waals surface area contributed by atoms with Crippen molar-refractivity contribution in [1.82, 2.24) is 5.32 Å². The highest BCUT2D eigenvalue weighted by atomic mass is 31.2. The van der Waals surface area contributed by atoms with Crippen LogP contribution in [-0.2, 0) is 27.9 Å². The summed E-state index contributed by atoms with van der Waals surface area (Å²) < 4.78 is 30.9. The standard InChI is InChI=1S/C80H141N2O7P/c1-7-10-13-16-19-22-25-28-30-32-34-36-38-40-41-43-45-47-49-51-53-55-58-61-64-67-70-73-80(84)89-78(71-68-65-62-59-56-27-24-21-18-15-12-9-3)77(76-88-90(85,86)87-75-74-82(4,5)6)81-79(83)72-69-66-63-60-57-54-52-50-48-46-44-42-39-37-35-33-31-29-26-23-20-17-14-11-8-2/h11,14,19-20,22-23,28-31,34-37,42,44,48,50,68,71,77-78H,7-10,12-13,15-18,21,24-27,32-33,38-41,43,45-47,49,51-67,69-70,72-76H2,1-6H3,(H-,81,83,85,86)/p+1/b14-11-,22-19-,23-20-,30-28-,31-29-,36-34-,37-35-,44-42-,50-48-,71-68+. The number of nitrogens with one attached hydrogen (secondary N) is 1. The Kier molecular flexibility index (Phi) is 65.6. The molecule has 0 aromatic carbocycles. The first kappa shape index (κ1) is 86.4. The zero-order valence-corrected chi connectivity index (χ0v) is 60.2. The van der Waals surface area contributed by atoms with Gasteiger partial charge in [0, 0.05) is 12.8 Å². The number of hydrogen-bond acceptors (Lipinski definition) is 6. The van der Waals surface area contributed by atoms with E-state index < -0.39 is 20.0 Å². The minimum absolute atomic E-state index is 0.0318. The first-order valence-corrected chi connectivity index (χ1v) is 38.9. The lowest BCUT2D eigenvalue weighted by atomic mass is 10.0. The molecule has 9 nitrogen and oxygen atoms in total. The molecule has 0 aromatic rings. The fourth-order valence-corrected chi connectivity index (χ4v) is 11.2. The molecule has 2 N–H and O–H groups in total. The number of phosphoric ester groups is 1. The summed E-state index contributed by atoms with van der Waals surface area (Å²) in [5, 5.41) is 3.07. The second-order valence-electron chi connectivity index (χ2n) is 26.1. The number of likely N-dealkylation sites (N-methyl/N-ethyl adjacent to an activating group) is 1. The van der Waals surface area contributed by atoms with E-state index in [0.29, 0.717) is 17.4 Å². The molecule has 0 aliphatic heterocycles. The number of hydrogen-bond donors (Lipinski definition) is 2. The zero-order valence-electron chi connectivity index (χ0n) is 59.3. The van der Waals surface area contributed by atoms with E-state index in [2.05, 4.69) is 135 Å². The number of quaternary nitrogens is 1. The number of unbranched alkanes of at least 4 members (excludes halogenated alkanes) is 33. The highest BCUT2D eigenvalue weighted by Gasteiger charge is 2.30. The molecular formula is C80H142N2O7P+. The minimum Gasteiger partial charge on any atom is -0.456 e. The average Bonchev–Trinajstić information content (AvgIpc) is 3.11. The minimum atomic E-state index is -4.47. The highest BCUT2D eigenvalue weighted by molar-refractivity contribution is 7.47. The largest absolute Gasteiger partial charge is 0.472 e. The molecule has 0 rings (SSSR count). The fourth-order valence-electron chi connectivity index (χ4n) is 10.4. The Labute approximate surface area is 556 Å². The SMILES string of the molecule is CC/C=C\C/C=C\C/C=C\C/C=C\C/C=C\C/C=C\CCCCCCCCC(=O)NC(COP(=O)(O)OCC[N+](C)(C)C)C(/C=C/CCCCCCCCCCCC)OC(=O)CCCCCCCCCCCCCCCC/C=C\C/C=C\C/C=C\CCCCC. The molecule has 0 saturated heterocycles. The maximum atomic E-state index is 13.6. The van der Waals surface area contributed by atoms with Gasteiger partial charge in [-0.1, -0.05) is 310 Å². The van der Waals surface area contributed by atoms with Gasteiger partial charge in [0.15, 0.2) is 0 Å². The van der Waals surface area contributed by atoms with E-state index in [4.69, 9.17) is 13.8 Å². The van der Waals surface area contributed by atoms with Gasteiger partial charge in [-0.3, -0.25) is 18.6 Å². The molecule has 0 aliphatic rings.